The van der Waals surface area contributed by atoms with Gasteiger partial charge in [0.05, 0.1) is 28.8 Å². The molecule has 0 unspecified atom stereocenters. The standard InChI is InChI=1S/C24H26Cl2N4O3/c1-14-11-17(9-10-33-14)30-20(31)13-24(2,29-23(30)27)18-7-4-8-19(21(18)26)28-22(32)15-5-3-6-16(25)12-15/h3-8,12,14,17H,9-11,13H2,1-2H3,(H2,27,29)(H,28,32)/t14-,17-,24+/m1/s1. The fourth-order valence-electron chi connectivity index (χ4n) is 4.48. The van der Waals surface area contributed by atoms with Crippen LogP contribution in [0.25, 0.3) is 0 Å². The number of benzene rings is 2. The zero-order valence-corrected chi connectivity index (χ0v) is 20.0. The second-order valence-corrected chi connectivity index (χ2v) is 9.49. The summed E-state index contributed by atoms with van der Waals surface area (Å²) in [6.07, 6.45) is 1.61. The summed E-state index contributed by atoms with van der Waals surface area (Å²) in [5.41, 5.74) is 6.79. The van der Waals surface area contributed by atoms with Gasteiger partial charge >= 0.3 is 0 Å². The van der Waals surface area contributed by atoms with Crippen molar-refractivity contribution in [2.75, 3.05) is 11.9 Å². The van der Waals surface area contributed by atoms with Gasteiger partial charge in [0, 0.05) is 28.8 Å². The van der Waals surface area contributed by atoms with Crippen LogP contribution in [0.15, 0.2) is 47.5 Å². The van der Waals surface area contributed by atoms with Gasteiger partial charge in [0.15, 0.2) is 5.96 Å². The number of hydrogen-bond acceptors (Lipinski definition) is 5. The van der Waals surface area contributed by atoms with E-state index in [0.29, 0.717) is 39.9 Å². The maximum absolute atomic E-state index is 13.2. The fourth-order valence-corrected chi connectivity index (χ4v) is 5.04. The number of nitrogens with one attached hydrogen (secondary N) is 1. The van der Waals surface area contributed by atoms with Gasteiger partial charge in [-0.05, 0) is 51.0 Å². The minimum absolute atomic E-state index is 0.0339. The number of nitrogens with two attached hydrogens (primary N) is 1. The first kappa shape index (κ1) is 23.5. The van der Waals surface area contributed by atoms with E-state index in [2.05, 4.69) is 5.32 Å². The summed E-state index contributed by atoms with van der Waals surface area (Å²) < 4.78 is 5.60. The SMILES string of the molecule is C[C@@H]1C[C@H](N2C(=O)C[C@@](C)(c3cccc(NC(=O)c4cccc(Cl)c4)c3Cl)N=C2N)CCO1. The Balaban J connectivity index is 1.61. The van der Waals surface area contributed by atoms with Gasteiger partial charge in [-0.25, -0.2) is 4.99 Å². The Morgan fingerprint density at radius 1 is 1.27 bits per heavy atom. The number of hydrogen-bond donors (Lipinski definition) is 2. The van der Waals surface area contributed by atoms with Crippen molar-refractivity contribution in [3.63, 3.8) is 0 Å². The molecule has 0 aliphatic carbocycles. The summed E-state index contributed by atoms with van der Waals surface area (Å²) in [5, 5.41) is 3.59. The van der Waals surface area contributed by atoms with E-state index in [4.69, 9.17) is 38.7 Å². The molecule has 0 saturated carbocycles. The van der Waals surface area contributed by atoms with Crippen molar-refractivity contribution in [1.82, 2.24) is 4.90 Å². The summed E-state index contributed by atoms with van der Waals surface area (Å²) in [5.74, 6) is -0.268. The highest BCUT2D eigenvalue weighted by molar-refractivity contribution is 6.35. The lowest BCUT2D eigenvalue weighted by molar-refractivity contribution is -0.133. The fraction of sp³-hybridized carbons (Fsp3) is 0.375. The second kappa shape index (κ2) is 9.33. The van der Waals surface area contributed by atoms with Gasteiger partial charge in [-0.15, -0.1) is 0 Å². The predicted molar refractivity (Wildman–Crippen MR) is 130 cm³/mol. The van der Waals surface area contributed by atoms with Gasteiger partial charge in [-0.2, -0.15) is 0 Å². The normalized spacial score (nSPS) is 25.5. The van der Waals surface area contributed by atoms with Crippen LogP contribution in [0.2, 0.25) is 10.0 Å². The number of carbonyl (C=O) groups excluding carboxylic acids is 2. The lowest BCUT2D eigenvalue weighted by Crippen LogP contribution is -2.56. The summed E-state index contributed by atoms with van der Waals surface area (Å²) in [6, 6.07) is 11.9. The van der Waals surface area contributed by atoms with Gasteiger partial charge in [0.25, 0.3) is 5.91 Å². The van der Waals surface area contributed by atoms with E-state index in [1.807, 2.05) is 13.8 Å². The number of carbonyl (C=O) groups is 2. The van der Waals surface area contributed by atoms with Gasteiger partial charge in [-0.3, -0.25) is 14.5 Å². The van der Waals surface area contributed by atoms with Crippen LogP contribution in [0.4, 0.5) is 5.69 Å². The first-order valence-electron chi connectivity index (χ1n) is 10.8. The van der Waals surface area contributed by atoms with Crippen molar-refractivity contribution < 1.29 is 14.3 Å². The second-order valence-electron chi connectivity index (χ2n) is 8.68. The molecule has 2 aromatic rings. The Hall–Kier alpha value is -2.61. The van der Waals surface area contributed by atoms with Crippen LogP contribution in [0.5, 0.6) is 0 Å². The third kappa shape index (κ3) is 4.86. The molecule has 33 heavy (non-hydrogen) atoms. The molecule has 7 nitrogen and oxygen atoms in total. The maximum Gasteiger partial charge on any atom is 0.255 e. The number of rotatable bonds is 4. The third-order valence-corrected chi connectivity index (χ3v) is 6.75. The molecule has 1 fully saturated rings. The zero-order valence-electron chi connectivity index (χ0n) is 18.5. The first-order chi connectivity index (χ1) is 15.7. The Kier molecular flexibility index (Phi) is 6.66. The molecule has 1 saturated heterocycles. The molecule has 3 N–H and O–H groups in total. The number of anilines is 1. The summed E-state index contributed by atoms with van der Waals surface area (Å²) in [4.78, 5) is 32.2. The maximum atomic E-state index is 13.2. The number of halogens is 2. The molecule has 174 valence electrons. The highest BCUT2D eigenvalue weighted by Crippen LogP contribution is 2.41. The van der Waals surface area contributed by atoms with Gasteiger partial charge in [0.1, 0.15) is 0 Å². The molecule has 3 atom stereocenters. The monoisotopic (exact) mass is 488 g/mol. The van der Waals surface area contributed by atoms with E-state index in [-0.39, 0.29) is 36.3 Å². The molecule has 2 aliphatic rings. The van der Waals surface area contributed by atoms with Crippen molar-refractivity contribution in [1.29, 1.82) is 0 Å². The van der Waals surface area contributed by atoms with Crippen LogP contribution < -0.4 is 11.1 Å². The van der Waals surface area contributed by atoms with Crippen LogP contribution in [0.3, 0.4) is 0 Å². The Bertz CT molecular complexity index is 1120. The van der Waals surface area contributed by atoms with Gasteiger partial charge < -0.3 is 15.8 Å². The molecule has 0 spiro atoms. The third-order valence-electron chi connectivity index (χ3n) is 6.11. The predicted octanol–water partition coefficient (Wildman–Crippen LogP) is 4.58. The first-order valence-corrected chi connectivity index (χ1v) is 11.6. The van der Waals surface area contributed by atoms with E-state index in [0.717, 1.165) is 6.42 Å². The smallest absolute Gasteiger partial charge is 0.255 e. The average Bonchev–Trinajstić information content (AvgIpc) is 2.74. The van der Waals surface area contributed by atoms with E-state index in [9.17, 15) is 9.59 Å². The van der Waals surface area contributed by atoms with Crippen LogP contribution in [0, 0.1) is 0 Å². The lowest BCUT2D eigenvalue weighted by atomic mass is 9.86. The largest absolute Gasteiger partial charge is 0.378 e. The topological polar surface area (TPSA) is 97.0 Å². The molecule has 2 amide bonds. The number of nitrogens with zero attached hydrogens (tertiary/aromatic N) is 2. The Morgan fingerprint density at radius 2 is 2.03 bits per heavy atom. The molecular formula is C24H26Cl2N4O3. The molecule has 9 heteroatoms. The van der Waals surface area contributed by atoms with E-state index in [1.165, 1.54) is 0 Å². The van der Waals surface area contributed by atoms with E-state index < -0.39 is 5.54 Å². The minimum atomic E-state index is -0.956. The number of guanidine groups is 1. The molecule has 2 aliphatic heterocycles. The summed E-state index contributed by atoms with van der Waals surface area (Å²) in [7, 11) is 0. The van der Waals surface area contributed by atoms with Crippen LogP contribution in [0.1, 0.15) is 49.0 Å². The van der Waals surface area contributed by atoms with Crippen molar-refractivity contribution >= 4 is 46.7 Å². The summed E-state index contributed by atoms with van der Waals surface area (Å²) in [6.45, 7) is 4.40. The van der Waals surface area contributed by atoms with Crippen molar-refractivity contribution in [3.05, 3.63) is 63.6 Å². The lowest BCUT2D eigenvalue weighted by Gasteiger charge is -2.41. The number of ether oxygens (including phenoxy) is 1. The summed E-state index contributed by atoms with van der Waals surface area (Å²) >= 11 is 12.7. The Morgan fingerprint density at radius 3 is 2.73 bits per heavy atom. The zero-order chi connectivity index (χ0) is 23.8. The van der Waals surface area contributed by atoms with Crippen molar-refractivity contribution in [2.24, 2.45) is 10.7 Å². The van der Waals surface area contributed by atoms with E-state index in [1.54, 1.807) is 47.4 Å². The van der Waals surface area contributed by atoms with Crippen molar-refractivity contribution in [3.8, 4) is 0 Å². The van der Waals surface area contributed by atoms with Crippen LogP contribution in [-0.2, 0) is 15.1 Å². The Labute approximate surface area is 202 Å². The van der Waals surface area contributed by atoms with E-state index >= 15 is 0 Å². The molecule has 2 aromatic carbocycles. The minimum Gasteiger partial charge on any atom is -0.378 e. The molecule has 4 rings (SSSR count). The molecule has 0 radical (unpaired) electrons. The average molecular weight is 489 g/mol. The van der Waals surface area contributed by atoms with Crippen molar-refractivity contribution in [2.45, 2.75) is 50.8 Å². The van der Waals surface area contributed by atoms with Crippen LogP contribution in [-0.4, -0.2) is 41.4 Å². The molecule has 0 bridgehead atoms. The van der Waals surface area contributed by atoms with Gasteiger partial charge in [0.2, 0.25) is 5.91 Å². The number of amides is 2. The highest BCUT2D eigenvalue weighted by Gasteiger charge is 2.42. The molecular weight excluding hydrogens is 463 g/mol. The van der Waals surface area contributed by atoms with Crippen LogP contribution >= 0.6 is 23.2 Å². The quantitative estimate of drug-likeness (QED) is 0.658. The molecule has 0 aromatic heterocycles. The molecule has 2 heterocycles. The van der Waals surface area contributed by atoms with Gasteiger partial charge in [-0.1, -0.05) is 41.4 Å². The highest BCUT2D eigenvalue weighted by atomic mass is 35.5. The number of aliphatic imine (C=N–C) groups is 1.